The molecule has 2 N–H and O–H groups in total. The quantitative estimate of drug-likeness (QED) is 0.0967. The summed E-state index contributed by atoms with van der Waals surface area (Å²) in [4.78, 5) is 0. The summed E-state index contributed by atoms with van der Waals surface area (Å²) in [6, 6.07) is 0. The van der Waals surface area contributed by atoms with E-state index >= 15 is 0 Å². The van der Waals surface area contributed by atoms with Crippen LogP contribution in [0.5, 0.6) is 0 Å². The van der Waals surface area contributed by atoms with Gasteiger partial charge in [-0.1, -0.05) is 32.4 Å². The van der Waals surface area contributed by atoms with Crippen LogP contribution in [0.15, 0.2) is 25.3 Å². The van der Waals surface area contributed by atoms with Gasteiger partial charge in [0.1, 0.15) is 0 Å². The lowest BCUT2D eigenvalue weighted by Crippen LogP contribution is -2.63. The number of alkyl halides is 18. The molecular formula is C50H72F18O6. The molecule has 74 heavy (non-hydrogen) atoms. The summed E-state index contributed by atoms with van der Waals surface area (Å²) in [5.74, 6) is -5.75. The Morgan fingerprint density at radius 2 is 0.905 bits per heavy atom. The molecule has 0 spiro atoms. The van der Waals surface area contributed by atoms with E-state index in [-0.39, 0.29) is 105 Å². The van der Waals surface area contributed by atoms with Crippen molar-refractivity contribution >= 4 is 0 Å². The molecule has 0 radical (unpaired) electrons. The zero-order chi connectivity index (χ0) is 56.6. The molecule has 4 bridgehead atoms. The first-order chi connectivity index (χ1) is 33.7. The van der Waals surface area contributed by atoms with E-state index < -0.39 is 95.7 Å². The van der Waals surface area contributed by atoms with Crippen LogP contribution in [0.4, 0.5) is 79.0 Å². The molecule has 6 rings (SSSR count). The summed E-state index contributed by atoms with van der Waals surface area (Å²) in [6.07, 6.45) is -27.7. The number of ether oxygens (including phenoxy) is 4. The van der Waals surface area contributed by atoms with Crippen molar-refractivity contribution in [2.24, 2.45) is 71.0 Å². The molecular weight excluding hydrogens is 1040 g/mol. The van der Waals surface area contributed by atoms with Crippen LogP contribution >= 0.6 is 0 Å². The topological polar surface area (TPSA) is 77.4 Å². The molecule has 6 saturated carbocycles. The number of fused-ring (bicyclic) bond motifs is 4. The van der Waals surface area contributed by atoms with Gasteiger partial charge in [-0.05, 0) is 169 Å². The highest BCUT2D eigenvalue weighted by molar-refractivity contribution is 5.12. The summed E-state index contributed by atoms with van der Waals surface area (Å²) in [6.45, 7) is 14.0. The van der Waals surface area contributed by atoms with Crippen LogP contribution in [0.2, 0.25) is 0 Å². The van der Waals surface area contributed by atoms with E-state index in [2.05, 4.69) is 13.2 Å². The largest absolute Gasteiger partial charge is 0.426 e. The Morgan fingerprint density at radius 1 is 0.527 bits per heavy atom. The third-order valence-electron chi connectivity index (χ3n) is 18.0. The van der Waals surface area contributed by atoms with E-state index in [1.807, 2.05) is 13.8 Å². The van der Waals surface area contributed by atoms with Crippen molar-refractivity contribution in [2.75, 3.05) is 14.2 Å². The van der Waals surface area contributed by atoms with Crippen LogP contribution in [0.1, 0.15) is 130 Å². The summed E-state index contributed by atoms with van der Waals surface area (Å²) in [7, 11) is 2.61. The van der Waals surface area contributed by atoms with Gasteiger partial charge >= 0.3 is 37.1 Å². The van der Waals surface area contributed by atoms with Crippen molar-refractivity contribution in [1.82, 2.24) is 0 Å². The number of allylic oxidation sites excluding steroid dienone is 2. The zero-order valence-electron chi connectivity index (χ0n) is 42.3. The molecule has 12 atom stereocenters. The Labute approximate surface area is 420 Å². The van der Waals surface area contributed by atoms with Crippen molar-refractivity contribution in [3.05, 3.63) is 25.3 Å². The summed E-state index contributed by atoms with van der Waals surface area (Å²) in [5.41, 5.74) is -13.6. The van der Waals surface area contributed by atoms with Crippen LogP contribution in [0.25, 0.3) is 0 Å². The smallest absolute Gasteiger partial charge is 0.373 e. The Balaban J connectivity index is 0.000000273. The van der Waals surface area contributed by atoms with Gasteiger partial charge in [-0.2, -0.15) is 79.0 Å². The van der Waals surface area contributed by atoms with E-state index in [1.165, 1.54) is 28.1 Å². The summed E-state index contributed by atoms with van der Waals surface area (Å²) >= 11 is 0. The molecule has 6 nitrogen and oxygen atoms in total. The minimum Gasteiger partial charge on any atom is -0.373 e. The molecule has 6 aliphatic carbocycles. The molecule has 6 aliphatic rings. The van der Waals surface area contributed by atoms with Crippen LogP contribution in [0, 0.1) is 71.0 Å². The maximum Gasteiger partial charge on any atom is 0.426 e. The van der Waals surface area contributed by atoms with Crippen LogP contribution in [0.3, 0.4) is 0 Å². The first kappa shape index (κ1) is 64.5. The van der Waals surface area contributed by atoms with Crippen molar-refractivity contribution in [2.45, 2.75) is 202 Å². The fraction of sp³-hybridized carbons (Fsp3) is 0.920. The Bertz CT molecular complexity index is 1770. The molecule has 0 aromatic rings. The number of hydrogen-bond donors (Lipinski definition) is 2. The molecule has 0 amide bonds. The molecule has 0 aromatic heterocycles. The highest BCUT2D eigenvalue weighted by Crippen LogP contribution is 2.64. The molecule has 24 heteroatoms. The first-order valence-corrected chi connectivity index (χ1v) is 25.2. The lowest BCUT2D eigenvalue weighted by atomic mass is 9.66. The van der Waals surface area contributed by atoms with E-state index in [1.54, 1.807) is 12.2 Å². The molecule has 434 valence electrons. The average Bonchev–Trinajstić information content (AvgIpc) is 4.11. The van der Waals surface area contributed by atoms with Crippen molar-refractivity contribution in [3.8, 4) is 0 Å². The predicted octanol–water partition coefficient (Wildman–Crippen LogP) is 15.4. The first-order valence-electron chi connectivity index (χ1n) is 25.2. The normalized spacial score (nSPS) is 34.7. The van der Waals surface area contributed by atoms with Gasteiger partial charge in [0.2, 0.25) is 0 Å². The van der Waals surface area contributed by atoms with Gasteiger partial charge in [-0.25, -0.2) is 0 Å². The fourth-order valence-electron chi connectivity index (χ4n) is 13.7. The average molecular weight is 1110 g/mol. The van der Waals surface area contributed by atoms with E-state index in [9.17, 15) is 89.2 Å². The third kappa shape index (κ3) is 13.0. The van der Waals surface area contributed by atoms with Gasteiger partial charge in [0.05, 0.1) is 0 Å². The summed E-state index contributed by atoms with van der Waals surface area (Å²) < 4.78 is 258. The molecule has 0 heterocycles. The van der Waals surface area contributed by atoms with Crippen LogP contribution in [-0.2, 0) is 18.9 Å². The third-order valence-corrected chi connectivity index (χ3v) is 18.0. The monoisotopic (exact) mass is 1110 g/mol. The second kappa shape index (κ2) is 23.4. The van der Waals surface area contributed by atoms with Gasteiger partial charge in [0, 0.05) is 26.1 Å². The predicted molar refractivity (Wildman–Crippen MR) is 234 cm³/mol. The maximum atomic E-state index is 13.9. The minimum atomic E-state index is -5.81. The lowest BCUT2D eigenvalue weighted by Gasteiger charge is -2.45. The minimum absolute atomic E-state index is 0.000158. The Kier molecular flexibility index (Phi) is 20.4. The number of methoxy groups -OCH3 is 2. The van der Waals surface area contributed by atoms with Gasteiger partial charge in [-0.3, -0.25) is 0 Å². The highest BCUT2D eigenvalue weighted by atomic mass is 19.4. The highest BCUT2D eigenvalue weighted by Gasteiger charge is 2.78. The van der Waals surface area contributed by atoms with Crippen molar-refractivity contribution in [1.29, 1.82) is 0 Å². The van der Waals surface area contributed by atoms with Gasteiger partial charge in [0.25, 0.3) is 11.2 Å². The van der Waals surface area contributed by atoms with Crippen molar-refractivity contribution < 1.29 is 108 Å². The molecule has 0 saturated heterocycles. The second-order valence-corrected chi connectivity index (χ2v) is 21.9. The van der Waals surface area contributed by atoms with Gasteiger partial charge in [0.15, 0.2) is 23.8 Å². The van der Waals surface area contributed by atoms with E-state index in [0.29, 0.717) is 44.9 Å². The van der Waals surface area contributed by atoms with Gasteiger partial charge < -0.3 is 29.2 Å². The van der Waals surface area contributed by atoms with Crippen LogP contribution in [-0.4, -0.2) is 96.5 Å². The number of rotatable bonds is 15. The van der Waals surface area contributed by atoms with Crippen LogP contribution < -0.4 is 0 Å². The molecule has 0 aliphatic heterocycles. The summed E-state index contributed by atoms with van der Waals surface area (Å²) in [5, 5.41) is 19.3. The SMILES string of the molecule is C=CC1CC2CC1CC2C(O)(C(F)(F)F)C(F)(F)F.C=CC1CCC(OC(C)OC)(C(F)(F)F)CC1.CCC(CC(C)C1CC2CC1CC2C(O)(C(F)(F)F)C(F)(F)F)C1CCC(OC(C)OC)(C(F)(F)F)CC1. The van der Waals surface area contributed by atoms with Crippen molar-refractivity contribution in [3.63, 3.8) is 0 Å². The Morgan fingerprint density at radius 3 is 1.20 bits per heavy atom. The van der Waals surface area contributed by atoms with E-state index in [0.717, 1.165) is 0 Å². The number of aliphatic hydroxyl groups is 2. The second-order valence-electron chi connectivity index (χ2n) is 21.9. The lowest BCUT2D eigenvalue weighted by molar-refractivity contribution is -0.389. The zero-order valence-corrected chi connectivity index (χ0v) is 42.3. The Hall–Kier alpha value is -2.02. The fourth-order valence-corrected chi connectivity index (χ4v) is 13.7. The number of hydrogen-bond acceptors (Lipinski definition) is 6. The van der Waals surface area contributed by atoms with E-state index in [4.69, 9.17) is 18.9 Å². The van der Waals surface area contributed by atoms with Gasteiger partial charge in [-0.15, -0.1) is 13.2 Å². The molecule has 0 aromatic carbocycles. The maximum absolute atomic E-state index is 13.9. The number of halogens is 18. The molecule has 6 fully saturated rings. The molecule has 12 unspecified atom stereocenters. The standard InChI is InChI=1S/C26H39F9O3.C12H14F6O.C12H19F3O2/c1-5-16(17-6-8-22(9-7-17,24(27,28)29)38-15(3)37-4)10-14(2)20-12-19-11-18(20)13-21(19)23(36,25(30,31)32)26(33,34)35;1-2-6-3-8-4-7(6)5-9(8)10(19,11(13,14)15)12(16,17)18;1-4-10-5-7-11(8-6-10,12(13,14)15)17-9(2)16-3/h14-21,36H,5-13H2,1-4H3;2,6-9,19H,1,3-5H2;4,9-10H,1,5-8H2,2-3H3.